The molecule has 34 heavy (non-hydrogen) atoms. The van der Waals surface area contributed by atoms with Crippen LogP contribution < -0.4 is 10.8 Å². The second kappa shape index (κ2) is 11.4. The van der Waals surface area contributed by atoms with E-state index >= 15 is 0 Å². The molecule has 4 rings (SSSR count). The molecule has 3 aromatic rings. The van der Waals surface area contributed by atoms with Crippen LogP contribution in [-0.4, -0.2) is 30.4 Å². The van der Waals surface area contributed by atoms with Gasteiger partial charge in [0.25, 0.3) is 10.1 Å². The Kier molecular flexibility index (Phi) is 8.36. The van der Waals surface area contributed by atoms with E-state index in [0.29, 0.717) is 12.2 Å². The number of rotatable bonds is 10. The zero-order chi connectivity index (χ0) is 24.0. The van der Waals surface area contributed by atoms with Gasteiger partial charge < -0.3 is 4.90 Å². The number of thioether (sulfide) groups is 2. The van der Waals surface area contributed by atoms with Crippen LogP contribution in [0.15, 0.2) is 83.1 Å². The van der Waals surface area contributed by atoms with E-state index in [2.05, 4.69) is 41.3 Å². The van der Waals surface area contributed by atoms with Crippen molar-refractivity contribution >= 4 is 50.6 Å². The molecule has 178 valence electrons. The summed E-state index contributed by atoms with van der Waals surface area (Å²) in [5.41, 5.74) is 6.69. The molecule has 9 heteroatoms. The summed E-state index contributed by atoms with van der Waals surface area (Å²) in [6.07, 6.45) is 0.341. The Bertz CT molecular complexity index is 1210. The van der Waals surface area contributed by atoms with Gasteiger partial charge in [0.15, 0.2) is 0 Å². The van der Waals surface area contributed by atoms with Crippen molar-refractivity contribution in [2.45, 2.75) is 13.0 Å². The zero-order valence-corrected chi connectivity index (χ0v) is 20.9. The molecule has 0 atom stereocenters. The minimum Gasteiger partial charge on any atom is -0.336 e. The fourth-order valence-corrected chi connectivity index (χ4v) is 6.75. The molecule has 3 N–H and O–H groups in total. The summed E-state index contributed by atoms with van der Waals surface area (Å²) < 4.78 is 32.4. The van der Waals surface area contributed by atoms with Crippen molar-refractivity contribution in [2.75, 3.05) is 22.3 Å². The fourth-order valence-electron chi connectivity index (χ4n) is 3.95. The third-order valence-corrected chi connectivity index (χ3v) is 8.54. The van der Waals surface area contributed by atoms with E-state index in [1.54, 1.807) is 11.8 Å². The normalized spacial score (nSPS) is 12.9. The summed E-state index contributed by atoms with van der Waals surface area (Å²) in [6.45, 7) is 0.734. The Morgan fingerprint density at radius 1 is 0.882 bits per heavy atom. The Labute approximate surface area is 208 Å². The molecule has 0 saturated carbocycles. The molecule has 0 unspecified atom stereocenters. The van der Waals surface area contributed by atoms with Gasteiger partial charge in [-0.15, -0.1) is 11.8 Å². The molecule has 0 bridgehead atoms. The number of para-hydroxylation sites is 2. The summed E-state index contributed by atoms with van der Waals surface area (Å²) in [4.78, 5) is 7.20. The van der Waals surface area contributed by atoms with Crippen LogP contribution in [0.2, 0.25) is 0 Å². The van der Waals surface area contributed by atoms with Crippen LogP contribution in [0.4, 0.5) is 11.4 Å². The van der Waals surface area contributed by atoms with Gasteiger partial charge in [-0.05, 0) is 29.9 Å². The van der Waals surface area contributed by atoms with E-state index in [-0.39, 0.29) is 11.7 Å². The van der Waals surface area contributed by atoms with Gasteiger partial charge in [0, 0.05) is 34.6 Å². The minimum atomic E-state index is -3.99. The van der Waals surface area contributed by atoms with Crippen molar-refractivity contribution in [3.05, 3.63) is 99.8 Å². The Morgan fingerprint density at radius 3 is 2.06 bits per heavy atom. The lowest BCUT2D eigenvalue weighted by Crippen LogP contribution is -2.23. The molecule has 0 spiro atoms. The highest BCUT2D eigenvalue weighted by Crippen LogP contribution is 2.50. The molecule has 1 aliphatic rings. The van der Waals surface area contributed by atoms with Crippen molar-refractivity contribution in [1.82, 2.24) is 0 Å². The van der Waals surface area contributed by atoms with Crippen molar-refractivity contribution in [3.63, 3.8) is 0 Å². The lowest BCUT2D eigenvalue weighted by molar-refractivity contribution is 0.190. The van der Waals surface area contributed by atoms with Crippen molar-refractivity contribution in [1.29, 1.82) is 0 Å². The first-order valence-electron chi connectivity index (χ1n) is 10.7. The average Bonchev–Trinajstić information content (AvgIpc) is 2.84. The monoisotopic (exact) mass is 514 g/mol. The first-order chi connectivity index (χ1) is 16.5. The lowest BCUT2D eigenvalue weighted by atomic mass is 9.91. The van der Waals surface area contributed by atoms with Crippen molar-refractivity contribution < 1.29 is 17.8 Å². The predicted octanol–water partition coefficient (Wildman–Crippen LogP) is 5.65. The molecule has 0 saturated heterocycles. The SMILES string of the molecule is NOCSC(SCCCS(=O)(=O)O)=C1c2ccccc2N(Cc2ccccc2)c2ccccc21. The summed E-state index contributed by atoms with van der Waals surface area (Å²) in [5.74, 6) is 5.88. The van der Waals surface area contributed by atoms with E-state index in [4.69, 9.17) is 15.3 Å². The molecule has 0 aromatic heterocycles. The quantitative estimate of drug-likeness (QED) is 0.155. The van der Waals surface area contributed by atoms with Gasteiger partial charge in [-0.1, -0.05) is 78.5 Å². The highest BCUT2D eigenvalue weighted by atomic mass is 32.2. The summed E-state index contributed by atoms with van der Waals surface area (Å²) >= 11 is 3.04. The molecular weight excluding hydrogens is 488 g/mol. The Balaban J connectivity index is 1.78. The van der Waals surface area contributed by atoms with Crippen LogP contribution in [0, 0.1) is 0 Å². The molecule has 3 aromatic carbocycles. The van der Waals surface area contributed by atoms with Crippen LogP contribution in [-0.2, 0) is 21.5 Å². The number of nitrogens with zero attached hydrogens (tertiary/aromatic N) is 1. The summed E-state index contributed by atoms with van der Waals surface area (Å²) in [5, 5.41) is 0. The summed E-state index contributed by atoms with van der Waals surface area (Å²) in [6, 6.07) is 27.0. The van der Waals surface area contributed by atoms with E-state index in [1.807, 2.05) is 42.5 Å². The minimum absolute atomic E-state index is 0.265. The molecule has 0 radical (unpaired) electrons. The first kappa shape index (κ1) is 24.8. The molecule has 0 aliphatic carbocycles. The third kappa shape index (κ3) is 6.04. The van der Waals surface area contributed by atoms with Crippen LogP contribution in [0.5, 0.6) is 0 Å². The Morgan fingerprint density at radius 2 is 1.47 bits per heavy atom. The number of benzene rings is 3. The van der Waals surface area contributed by atoms with E-state index in [9.17, 15) is 8.42 Å². The van der Waals surface area contributed by atoms with Gasteiger partial charge >= 0.3 is 0 Å². The van der Waals surface area contributed by atoms with Gasteiger partial charge in [0.2, 0.25) is 0 Å². The molecule has 6 nitrogen and oxygen atoms in total. The smallest absolute Gasteiger partial charge is 0.264 e. The molecule has 0 amide bonds. The van der Waals surface area contributed by atoms with Gasteiger partial charge in [0.1, 0.15) is 5.94 Å². The van der Waals surface area contributed by atoms with Gasteiger partial charge in [-0.25, -0.2) is 5.90 Å². The second-order valence-electron chi connectivity index (χ2n) is 7.69. The van der Waals surface area contributed by atoms with Gasteiger partial charge in [0.05, 0.1) is 9.99 Å². The maximum absolute atomic E-state index is 11.2. The lowest BCUT2D eigenvalue weighted by Gasteiger charge is -2.35. The fraction of sp³-hybridized carbons (Fsp3) is 0.200. The maximum Gasteiger partial charge on any atom is 0.264 e. The van der Waals surface area contributed by atoms with E-state index < -0.39 is 10.1 Å². The topological polar surface area (TPSA) is 92.9 Å². The van der Waals surface area contributed by atoms with Gasteiger partial charge in [-0.3, -0.25) is 9.39 Å². The number of hydrogen-bond acceptors (Lipinski definition) is 7. The maximum atomic E-state index is 11.2. The average molecular weight is 515 g/mol. The third-order valence-electron chi connectivity index (χ3n) is 5.35. The van der Waals surface area contributed by atoms with E-state index in [1.165, 1.54) is 17.3 Å². The summed E-state index contributed by atoms with van der Waals surface area (Å²) in [7, 11) is -3.99. The highest BCUT2D eigenvalue weighted by molar-refractivity contribution is 8.22. The van der Waals surface area contributed by atoms with Crippen LogP contribution >= 0.6 is 23.5 Å². The first-order valence-corrected chi connectivity index (χ1v) is 14.3. The standard InChI is InChI=1S/C25H26N2O4S3/c26-31-18-33-25(32-15-8-16-34(28,29)30)24-20-11-4-6-13-22(20)27(17-19-9-2-1-3-10-19)23-14-7-5-12-21(23)24/h1-7,9-14H,8,15-18,26H2,(H,28,29,30). The van der Waals surface area contributed by atoms with Crippen LogP contribution in [0.25, 0.3) is 5.57 Å². The van der Waals surface area contributed by atoms with Gasteiger partial charge in [-0.2, -0.15) is 8.42 Å². The number of anilines is 2. The zero-order valence-electron chi connectivity index (χ0n) is 18.5. The molecule has 1 aliphatic heterocycles. The van der Waals surface area contributed by atoms with E-state index in [0.717, 1.165) is 38.9 Å². The number of fused-ring (bicyclic) bond motifs is 2. The molecule has 1 heterocycles. The number of hydrogen-bond donors (Lipinski definition) is 2. The van der Waals surface area contributed by atoms with Crippen LogP contribution in [0.1, 0.15) is 23.1 Å². The van der Waals surface area contributed by atoms with Crippen molar-refractivity contribution in [3.8, 4) is 0 Å². The molecular formula is C25H26N2O4S3. The predicted molar refractivity (Wildman–Crippen MR) is 142 cm³/mol. The van der Waals surface area contributed by atoms with Crippen LogP contribution in [0.3, 0.4) is 0 Å². The highest BCUT2D eigenvalue weighted by Gasteiger charge is 2.28. The number of nitrogens with two attached hydrogens (primary N) is 1. The Hall–Kier alpha value is -2.27. The van der Waals surface area contributed by atoms with Crippen molar-refractivity contribution in [2.24, 2.45) is 5.90 Å². The largest absolute Gasteiger partial charge is 0.336 e. The second-order valence-corrected chi connectivity index (χ2v) is 11.6. The molecule has 0 fully saturated rings.